The van der Waals surface area contributed by atoms with Gasteiger partial charge in [0.15, 0.2) is 0 Å². The van der Waals surface area contributed by atoms with Crippen LogP contribution in [0.2, 0.25) is 0 Å². The van der Waals surface area contributed by atoms with Gasteiger partial charge >= 0.3 is 5.97 Å². The predicted molar refractivity (Wildman–Crippen MR) is 95.9 cm³/mol. The Morgan fingerprint density at radius 3 is 2.81 bits per heavy atom. The van der Waals surface area contributed by atoms with Gasteiger partial charge in [-0.3, -0.25) is 9.59 Å². The second-order valence-electron chi connectivity index (χ2n) is 7.45. The maximum Gasteiger partial charge on any atom is 0.311 e. The van der Waals surface area contributed by atoms with Crippen molar-refractivity contribution in [3.05, 3.63) is 48.3 Å². The Morgan fingerprint density at radius 2 is 2.08 bits per heavy atom. The largest absolute Gasteiger partial charge is 0.481 e. The second kappa shape index (κ2) is 6.59. The SMILES string of the molecule is O=C(CCc1cnn(-c2ccccc2)c1)N1C[C@@H]2CCC[C@@]2(C(=O)O)C1. The third-order valence-corrected chi connectivity index (χ3v) is 5.93. The molecule has 1 amide bonds. The Hall–Kier alpha value is -2.63. The Morgan fingerprint density at radius 1 is 1.27 bits per heavy atom. The summed E-state index contributed by atoms with van der Waals surface area (Å²) >= 11 is 0. The van der Waals surface area contributed by atoms with Gasteiger partial charge in [0, 0.05) is 25.7 Å². The van der Waals surface area contributed by atoms with Crippen molar-refractivity contribution >= 4 is 11.9 Å². The highest BCUT2D eigenvalue weighted by Crippen LogP contribution is 2.48. The Bertz CT molecular complexity index is 817. The molecule has 4 rings (SSSR count). The minimum absolute atomic E-state index is 0.0486. The fourth-order valence-electron chi connectivity index (χ4n) is 4.45. The molecule has 1 saturated carbocycles. The van der Waals surface area contributed by atoms with Crippen LogP contribution < -0.4 is 0 Å². The van der Waals surface area contributed by atoms with E-state index in [9.17, 15) is 14.7 Å². The normalized spacial score (nSPS) is 24.6. The van der Waals surface area contributed by atoms with Crippen LogP contribution in [0.3, 0.4) is 0 Å². The number of carboxylic acid groups (broad SMARTS) is 1. The van der Waals surface area contributed by atoms with Gasteiger partial charge in [-0.25, -0.2) is 4.68 Å². The highest BCUT2D eigenvalue weighted by atomic mass is 16.4. The molecule has 6 heteroatoms. The van der Waals surface area contributed by atoms with Gasteiger partial charge in [-0.2, -0.15) is 5.10 Å². The molecule has 1 aliphatic heterocycles. The van der Waals surface area contributed by atoms with E-state index in [1.807, 2.05) is 36.5 Å². The second-order valence-corrected chi connectivity index (χ2v) is 7.45. The average molecular weight is 353 g/mol. The van der Waals surface area contributed by atoms with Crippen LogP contribution in [0.15, 0.2) is 42.7 Å². The number of hydrogen-bond acceptors (Lipinski definition) is 3. The lowest BCUT2D eigenvalue weighted by Gasteiger charge is -2.23. The quantitative estimate of drug-likeness (QED) is 0.896. The molecule has 0 spiro atoms. The van der Waals surface area contributed by atoms with Gasteiger partial charge in [-0.05, 0) is 42.9 Å². The van der Waals surface area contributed by atoms with Crippen molar-refractivity contribution in [2.75, 3.05) is 13.1 Å². The van der Waals surface area contributed by atoms with Crippen LogP contribution >= 0.6 is 0 Å². The highest BCUT2D eigenvalue weighted by molar-refractivity contribution is 5.81. The van der Waals surface area contributed by atoms with Crippen LogP contribution in [0.5, 0.6) is 0 Å². The molecule has 1 aromatic heterocycles. The number of rotatable bonds is 5. The van der Waals surface area contributed by atoms with E-state index in [2.05, 4.69) is 5.10 Å². The van der Waals surface area contributed by atoms with Crippen LogP contribution in [0, 0.1) is 11.3 Å². The molecule has 2 aliphatic rings. The zero-order chi connectivity index (χ0) is 18.1. The molecule has 2 aromatic rings. The van der Waals surface area contributed by atoms with Crippen LogP contribution in [-0.4, -0.2) is 44.8 Å². The third kappa shape index (κ3) is 2.89. The van der Waals surface area contributed by atoms with Crippen molar-refractivity contribution in [2.45, 2.75) is 32.1 Å². The molecule has 136 valence electrons. The zero-order valence-corrected chi connectivity index (χ0v) is 14.7. The molecule has 0 unspecified atom stereocenters. The summed E-state index contributed by atoms with van der Waals surface area (Å²) in [4.78, 5) is 26.1. The van der Waals surface area contributed by atoms with Crippen LogP contribution in [-0.2, 0) is 16.0 Å². The van der Waals surface area contributed by atoms with Crippen molar-refractivity contribution in [1.82, 2.24) is 14.7 Å². The number of carbonyl (C=O) groups excluding carboxylic acids is 1. The molecular formula is C20H23N3O3. The number of aliphatic carboxylic acids is 1. The first-order valence-corrected chi connectivity index (χ1v) is 9.19. The molecule has 6 nitrogen and oxygen atoms in total. The van der Waals surface area contributed by atoms with Crippen molar-refractivity contribution in [3.63, 3.8) is 0 Å². The minimum atomic E-state index is -0.737. The van der Waals surface area contributed by atoms with E-state index in [1.165, 1.54) is 0 Å². The lowest BCUT2D eigenvalue weighted by Crippen LogP contribution is -2.37. The highest BCUT2D eigenvalue weighted by Gasteiger charge is 2.55. The van der Waals surface area contributed by atoms with Gasteiger partial charge in [0.2, 0.25) is 5.91 Å². The van der Waals surface area contributed by atoms with E-state index in [1.54, 1.807) is 15.8 Å². The van der Waals surface area contributed by atoms with E-state index in [4.69, 9.17) is 0 Å². The maximum absolute atomic E-state index is 12.6. The number of aromatic nitrogens is 2. The Kier molecular flexibility index (Phi) is 4.26. The van der Waals surface area contributed by atoms with Crippen LogP contribution in [0.1, 0.15) is 31.2 Å². The molecule has 26 heavy (non-hydrogen) atoms. The van der Waals surface area contributed by atoms with E-state index < -0.39 is 11.4 Å². The van der Waals surface area contributed by atoms with E-state index in [0.29, 0.717) is 32.4 Å². The van der Waals surface area contributed by atoms with E-state index in [-0.39, 0.29) is 11.8 Å². The molecule has 1 N–H and O–H groups in total. The molecule has 1 saturated heterocycles. The topological polar surface area (TPSA) is 75.4 Å². The third-order valence-electron chi connectivity index (χ3n) is 5.93. The summed E-state index contributed by atoms with van der Waals surface area (Å²) in [7, 11) is 0. The zero-order valence-electron chi connectivity index (χ0n) is 14.7. The number of amides is 1. The van der Waals surface area contributed by atoms with Crippen molar-refractivity contribution in [3.8, 4) is 5.69 Å². The maximum atomic E-state index is 12.6. The predicted octanol–water partition coefficient (Wildman–Crippen LogP) is 2.52. The van der Waals surface area contributed by atoms with Crippen LogP contribution in [0.4, 0.5) is 0 Å². The standard InChI is InChI=1S/C20H23N3O3/c24-18(22-13-16-5-4-10-20(16,14-22)19(25)26)9-8-15-11-21-23(12-15)17-6-2-1-3-7-17/h1-3,6-7,11-12,16H,4-5,8-10,13-14H2,(H,25,26)/t16-,20+/m0/s1. The summed E-state index contributed by atoms with van der Waals surface area (Å²) in [5.41, 5.74) is 1.30. The lowest BCUT2D eigenvalue weighted by molar-refractivity contribution is -0.149. The van der Waals surface area contributed by atoms with Gasteiger partial charge in [0.05, 0.1) is 17.3 Å². The fourth-order valence-corrected chi connectivity index (χ4v) is 4.45. The molecule has 0 bridgehead atoms. The number of hydrogen-bond donors (Lipinski definition) is 1. The van der Waals surface area contributed by atoms with Crippen molar-refractivity contribution in [1.29, 1.82) is 0 Å². The molecule has 0 radical (unpaired) electrons. The summed E-state index contributed by atoms with van der Waals surface area (Å²) in [6.45, 7) is 0.962. The number of para-hydroxylation sites is 1. The summed E-state index contributed by atoms with van der Waals surface area (Å²) in [6.07, 6.45) is 7.31. The first kappa shape index (κ1) is 16.8. The van der Waals surface area contributed by atoms with Crippen LogP contribution in [0.25, 0.3) is 5.69 Å². The van der Waals surface area contributed by atoms with E-state index >= 15 is 0 Å². The fraction of sp³-hybridized carbons (Fsp3) is 0.450. The smallest absolute Gasteiger partial charge is 0.311 e. The van der Waals surface area contributed by atoms with Crippen molar-refractivity contribution in [2.24, 2.45) is 11.3 Å². The molecule has 2 heterocycles. The number of likely N-dealkylation sites (tertiary alicyclic amines) is 1. The summed E-state index contributed by atoms with van der Waals surface area (Å²) in [6, 6.07) is 9.85. The average Bonchev–Trinajstić information content (AvgIpc) is 3.34. The molecule has 2 fully saturated rings. The first-order chi connectivity index (χ1) is 12.6. The van der Waals surface area contributed by atoms with Gasteiger partial charge in [0.25, 0.3) is 0 Å². The number of carboxylic acids is 1. The molecular weight excluding hydrogens is 330 g/mol. The van der Waals surface area contributed by atoms with Gasteiger partial charge in [0.1, 0.15) is 0 Å². The summed E-state index contributed by atoms with van der Waals surface area (Å²) in [5, 5.41) is 14.0. The molecule has 1 aliphatic carbocycles. The summed E-state index contributed by atoms with van der Waals surface area (Å²) < 4.78 is 1.81. The first-order valence-electron chi connectivity index (χ1n) is 9.19. The number of fused-ring (bicyclic) bond motifs is 1. The van der Waals surface area contributed by atoms with E-state index in [0.717, 1.165) is 24.1 Å². The monoisotopic (exact) mass is 353 g/mol. The van der Waals surface area contributed by atoms with Gasteiger partial charge in [-0.1, -0.05) is 24.6 Å². The minimum Gasteiger partial charge on any atom is -0.481 e. The lowest BCUT2D eigenvalue weighted by atomic mass is 9.81. The number of benzene rings is 1. The Labute approximate surface area is 152 Å². The summed E-state index contributed by atoms with van der Waals surface area (Å²) in [5.74, 6) is -0.572. The van der Waals surface area contributed by atoms with Crippen molar-refractivity contribution < 1.29 is 14.7 Å². The number of nitrogens with zero attached hydrogens (tertiary/aromatic N) is 3. The molecule has 2 atom stereocenters. The number of carbonyl (C=O) groups is 2. The Balaban J connectivity index is 1.37. The number of aryl methyl sites for hydroxylation is 1. The molecule has 1 aromatic carbocycles. The van der Waals surface area contributed by atoms with Gasteiger partial charge in [-0.15, -0.1) is 0 Å². The van der Waals surface area contributed by atoms with Gasteiger partial charge < -0.3 is 10.0 Å².